The Morgan fingerprint density at radius 2 is 0.974 bits per heavy atom. The van der Waals surface area contributed by atoms with Crippen molar-refractivity contribution in [1.29, 1.82) is 0 Å². The molecule has 2 rings (SSSR count). The van der Waals surface area contributed by atoms with Gasteiger partial charge >= 0.3 is 29.6 Å². The molecule has 216 valence electrons. The maximum absolute atomic E-state index is 11.7. The van der Waals surface area contributed by atoms with Gasteiger partial charge in [0.15, 0.2) is 0 Å². The van der Waals surface area contributed by atoms with Crippen LogP contribution in [0.4, 0.5) is 0 Å². The minimum absolute atomic E-state index is 0. The van der Waals surface area contributed by atoms with Crippen molar-refractivity contribution < 1.29 is 42.5 Å². The van der Waals surface area contributed by atoms with Gasteiger partial charge in [-0.05, 0) is 59.7 Å². The molecule has 0 amide bonds. The van der Waals surface area contributed by atoms with Gasteiger partial charge < -0.3 is 4.55 Å². The fraction of sp³-hybridized carbons (Fsp3) is 0.706. The van der Waals surface area contributed by atoms with Crippen LogP contribution in [0.25, 0.3) is 10.8 Å². The fourth-order valence-corrected chi connectivity index (χ4v) is 6.18. The summed E-state index contributed by atoms with van der Waals surface area (Å²) >= 11 is 0. The quantitative estimate of drug-likeness (QED) is 0.0788. The van der Waals surface area contributed by atoms with Crippen LogP contribution in [0.3, 0.4) is 0 Å². The first-order valence-corrected chi connectivity index (χ1v) is 17.4. The summed E-state index contributed by atoms with van der Waals surface area (Å²) in [6.45, 7) is 4.53. The molecule has 0 spiro atoms. The van der Waals surface area contributed by atoms with E-state index in [2.05, 4.69) is 26.0 Å². The summed E-state index contributed by atoms with van der Waals surface area (Å²) in [5, 5.41) is 1.99. The third-order valence-corrected chi connectivity index (χ3v) is 8.90. The van der Waals surface area contributed by atoms with Crippen molar-refractivity contribution in [2.75, 3.05) is 0 Å². The molecule has 39 heavy (non-hydrogen) atoms. The smallest absolute Gasteiger partial charge is 0.744 e. The summed E-state index contributed by atoms with van der Waals surface area (Å²) in [7, 11) is -4.46. The Hall–Kier alpha value is -0.390. The van der Waals surface area contributed by atoms with Crippen molar-refractivity contribution in [1.82, 2.24) is 0 Å². The van der Waals surface area contributed by atoms with Gasteiger partial charge in [-0.3, -0.25) is 0 Å². The van der Waals surface area contributed by atoms with E-state index in [-0.39, 0.29) is 34.5 Å². The molecule has 0 unspecified atom stereocenters. The molecule has 0 radical (unpaired) electrons. The van der Waals surface area contributed by atoms with Crippen LogP contribution < -0.4 is 29.6 Å². The molecule has 2 aromatic rings. The van der Waals surface area contributed by atoms with Gasteiger partial charge in [0.2, 0.25) is 0 Å². The summed E-state index contributed by atoms with van der Waals surface area (Å²) in [6, 6.07) is 9.23. The normalized spacial score (nSPS) is 11.7. The standard InChI is InChI=1S/C34H56O3S.Na/c1-3-5-7-9-11-13-15-17-19-21-23-30-25-26-31-27-28-32(38(35,36)37)29-34(31)33(30)24-22-20-18-16-14-12-10-8-6-4-2;/h25-29H,3-24H2,1-2H3,(H,35,36,37);/q;+1/p-1. The van der Waals surface area contributed by atoms with E-state index in [1.54, 1.807) is 12.1 Å². The molecule has 0 atom stereocenters. The molecule has 0 aromatic heterocycles. The van der Waals surface area contributed by atoms with E-state index in [4.69, 9.17) is 0 Å². The molecule has 3 nitrogen and oxygen atoms in total. The van der Waals surface area contributed by atoms with E-state index < -0.39 is 10.1 Å². The van der Waals surface area contributed by atoms with Crippen LogP contribution in [-0.2, 0) is 23.0 Å². The van der Waals surface area contributed by atoms with Gasteiger partial charge in [-0.15, -0.1) is 0 Å². The summed E-state index contributed by atoms with van der Waals surface area (Å²) in [5.41, 5.74) is 2.61. The molecule has 0 aliphatic heterocycles. The first kappa shape index (κ1) is 36.6. The second kappa shape index (κ2) is 22.2. The Morgan fingerprint density at radius 3 is 1.44 bits per heavy atom. The summed E-state index contributed by atoms with van der Waals surface area (Å²) < 4.78 is 35.2. The number of hydrogen-bond donors (Lipinski definition) is 0. The van der Waals surface area contributed by atoms with Crippen molar-refractivity contribution in [2.45, 2.75) is 160 Å². The number of fused-ring (bicyclic) bond motifs is 1. The van der Waals surface area contributed by atoms with Gasteiger partial charge in [0.05, 0.1) is 4.90 Å². The predicted molar refractivity (Wildman–Crippen MR) is 163 cm³/mol. The molecule has 0 saturated carbocycles. The van der Waals surface area contributed by atoms with Crippen LogP contribution in [0.5, 0.6) is 0 Å². The number of hydrogen-bond acceptors (Lipinski definition) is 3. The van der Waals surface area contributed by atoms with Crippen molar-refractivity contribution in [3.8, 4) is 0 Å². The largest absolute Gasteiger partial charge is 1.00 e. The minimum Gasteiger partial charge on any atom is -0.744 e. The van der Waals surface area contributed by atoms with E-state index in [0.29, 0.717) is 0 Å². The molecule has 0 bridgehead atoms. The van der Waals surface area contributed by atoms with E-state index in [0.717, 1.165) is 30.0 Å². The molecule has 0 aliphatic rings. The fourth-order valence-electron chi connectivity index (χ4n) is 5.68. The third kappa shape index (κ3) is 15.4. The topological polar surface area (TPSA) is 57.2 Å². The van der Waals surface area contributed by atoms with Crippen LogP contribution in [-0.4, -0.2) is 13.0 Å². The van der Waals surface area contributed by atoms with Crippen molar-refractivity contribution >= 4 is 20.9 Å². The predicted octanol–water partition coefficient (Wildman–Crippen LogP) is 7.67. The van der Waals surface area contributed by atoms with Crippen molar-refractivity contribution in [3.05, 3.63) is 41.5 Å². The Bertz CT molecular complexity index is 1000. The Morgan fingerprint density at radius 1 is 0.564 bits per heavy atom. The molecule has 0 aliphatic carbocycles. The van der Waals surface area contributed by atoms with E-state index in [1.807, 2.05) is 0 Å². The Balaban J connectivity index is 0.00000760. The van der Waals surface area contributed by atoms with E-state index in [1.165, 1.54) is 139 Å². The van der Waals surface area contributed by atoms with E-state index >= 15 is 0 Å². The van der Waals surface area contributed by atoms with Gasteiger partial charge in [-0.25, -0.2) is 8.42 Å². The van der Waals surface area contributed by atoms with Gasteiger partial charge in [0.1, 0.15) is 10.1 Å². The molecular weight excluding hydrogens is 511 g/mol. The molecule has 0 saturated heterocycles. The maximum Gasteiger partial charge on any atom is 1.00 e. The minimum atomic E-state index is -4.46. The summed E-state index contributed by atoms with van der Waals surface area (Å²) in [6.07, 6.45) is 28.3. The zero-order valence-corrected chi connectivity index (χ0v) is 28.4. The van der Waals surface area contributed by atoms with Crippen LogP contribution in [0, 0.1) is 0 Å². The van der Waals surface area contributed by atoms with Crippen LogP contribution in [0.1, 0.15) is 153 Å². The zero-order valence-electron chi connectivity index (χ0n) is 25.6. The Kier molecular flexibility index (Phi) is 20.9. The zero-order chi connectivity index (χ0) is 27.5. The number of aryl methyl sites for hydroxylation is 2. The summed E-state index contributed by atoms with van der Waals surface area (Å²) in [4.78, 5) is -0.106. The first-order valence-electron chi connectivity index (χ1n) is 16.0. The van der Waals surface area contributed by atoms with E-state index in [9.17, 15) is 13.0 Å². The number of rotatable bonds is 23. The first-order chi connectivity index (χ1) is 18.5. The van der Waals surface area contributed by atoms with Gasteiger partial charge in [0, 0.05) is 0 Å². The molecular formula is C34H55NaO3S. The Labute approximate surface area is 263 Å². The molecule has 0 heterocycles. The average molecular weight is 567 g/mol. The molecule has 0 fully saturated rings. The maximum atomic E-state index is 11.7. The molecule has 5 heteroatoms. The average Bonchev–Trinajstić information content (AvgIpc) is 2.90. The van der Waals surface area contributed by atoms with Crippen LogP contribution >= 0.6 is 0 Å². The van der Waals surface area contributed by atoms with Gasteiger partial charge in [0.25, 0.3) is 0 Å². The number of unbranched alkanes of at least 4 members (excludes halogenated alkanes) is 18. The SMILES string of the molecule is CCCCCCCCCCCCc1ccc2ccc(S(=O)(=O)[O-])cc2c1CCCCCCCCCCCC.[Na+]. The monoisotopic (exact) mass is 566 g/mol. The molecule has 2 aromatic carbocycles. The van der Waals surface area contributed by atoms with Crippen LogP contribution in [0.15, 0.2) is 35.2 Å². The van der Waals surface area contributed by atoms with Gasteiger partial charge in [-0.1, -0.05) is 148 Å². The molecule has 0 N–H and O–H groups in total. The van der Waals surface area contributed by atoms with Crippen LogP contribution in [0.2, 0.25) is 0 Å². The van der Waals surface area contributed by atoms with Crippen molar-refractivity contribution in [2.24, 2.45) is 0 Å². The summed E-state index contributed by atoms with van der Waals surface area (Å²) in [5.74, 6) is 0. The van der Waals surface area contributed by atoms with Crippen molar-refractivity contribution in [3.63, 3.8) is 0 Å². The van der Waals surface area contributed by atoms with Gasteiger partial charge in [-0.2, -0.15) is 0 Å². The second-order valence-corrected chi connectivity index (χ2v) is 12.8. The second-order valence-electron chi connectivity index (χ2n) is 11.4. The number of benzene rings is 2. The third-order valence-electron chi connectivity index (χ3n) is 8.07.